The molecular formula is C14H16N2S. The van der Waals surface area contributed by atoms with Crippen molar-refractivity contribution in [2.24, 2.45) is 0 Å². The summed E-state index contributed by atoms with van der Waals surface area (Å²) >= 11 is 1.82. The fourth-order valence-electron chi connectivity index (χ4n) is 2.23. The van der Waals surface area contributed by atoms with Crippen LogP contribution in [-0.4, -0.2) is 4.98 Å². The number of anilines is 2. The van der Waals surface area contributed by atoms with Crippen molar-refractivity contribution in [2.45, 2.75) is 32.1 Å². The van der Waals surface area contributed by atoms with E-state index >= 15 is 0 Å². The van der Waals surface area contributed by atoms with E-state index in [1.165, 1.54) is 36.3 Å². The Labute approximate surface area is 106 Å². The van der Waals surface area contributed by atoms with Crippen LogP contribution in [0.3, 0.4) is 0 Å². The topological polar surface area (TPSA) is 24.9 Å². The van der Waals surface area contributed by atoms with Gasteiger partial charge in [0.25, 0.3) is 0 Å². The Hall–Kier alpha value is -1.35. The monoisotopic (exact) mass is 244 g/mol. The Kier molecular flexibility index (Phi) is 3.10. The van der Waals surface area contributed by atoms with E-state index in [0.29, 0.717) is 0 Å². The molecule has 17 heavy (non-hydrogen) atoms. The van der Waals surface area contributed by atoms with Crippen LogP contribution in [0.1, 0.15) is 29.8 Å². The lowest BCUT2D eigenvalue weighted by molar-refractivity contribution is 0.709. The number of para-hydroxylation sites is 1. The molecule has 1 aliphatic carbocycles. The maximum absolute atomic E-state index is 4.71. The van der Waals surface area contributed by atoms with Crippen molar-refractivity contribution >= 4 is 22.2 Å². The standard InChI is InChI=1S/C14H16N2S/c1-3-7-11(8-4-1)15-14-16-12-9-5-2-6-10-13(12)17-14/h1,3-4,7-8H,2,5-6,9-10H2,(H,15,16). The molecule has 0 amide bonds. The number of hydrogen-bond acceptors (Lipinski definition) is 3. The van der Waals surface area contributed by atoms with Crippen molar-refractivity contribution in [1.82, 2.24) is 4.98 Å². The van der Waals surface area contributed by atoms with Crippen LogP contribution in [0.15, 0.2) is 30.3 Å². The van der Waals surface area contributed by atoms with Gasteiger partial charge in [0.05, 0.1) is 5.69 Å². The van der Waals surface area contributed by atoms with Gasteiger partial charge in [0, 0.05) is 10.6 Å². The van der Waals surface area contributed by atoms with E-state index in [1.54, 1.807) is 0 Å². The Morgan fingerprint density at radius 1 is 1.00 bits per heavy atom. The summed E-state index contributed by atoms with van der Waals surface area (Å²) in [6.07, 6.45) is 6.33. The molecule has 0 saturated heterocycles. The van der Waals surface area contributed by atoms with E-state index in [0.717, 1.165) is 17.2 Å². The van der Waals surface area contributed by atoms with Crippen molar-refractivity contribution in [3.05, 3.63) is 40.9 Å². The van der Waals surface area contributed by atoms with Gasteiger partial charge in [-0.15, -0.1) is 11.3 Å². The van der Waals surface area contributed by atoms with Crippen LogP contribution >= 0.6 is 11.3 Å². The first kappa shape index (κ1) is 10.8. The molecular weight excluding hydrogens is 228 g/mol. The Morgan fingerprint density at radius 3 is 2.71 bits per heavy atom. The van der Waals surface area contributed by atoms with Crippen molar-refractivity contribution in [2.75, 3.05) is 5.32 Å². The van der Waals surface area contributed by atoms with Crippen molar-refractivity contribution in [3.8, 4) is 0 Å². The summed E-state index contributed by atoms with van der Waals surface area (Å²) in [5, 5.41) is 4.43. The van der Waals surface area contributed by atoms with Crippen LogP contribution in [0.25, 0.3) is 0 Å². The highest BCUT2D eigenvalue weighted by molar-refractivity contribution is 7.15. The lowest BCUT2D eigenvalue weighted by atomic mass is 10.2. The van der Waals surface area contributed by atoms with E-state index in [-0.39, 0.29) is 0 Å². The summed E-state index contributed by atoms with van der Waals surface area (Å²) in [4.78, 5) is 6.20. The SMILES string of the molecule is c1ccc(Nc2nc3c(s2)CCCCC3)cc1. The summed E-state index contributed by atoms with van der Waals surface area (Å²) in [6, 6.07) is 10.3. The molecule has 0 spiro atoms. The van der Waals surface area contributed by atoms with E-state index in [2.05, 4.69) is 17.4 Å². The van der Waals surface area contributed by atoms with Gasteiger partial charge in [0.2, 0.25) is 0 Å². The van der Waals surface area contributed by atoms with Crippen LogP contribution in [0, 0.1) is 0 Å². The minimum absolute atomic E-state index is 1.04. The zero-order chi connectivity index (χ0) is 11.5. The van der Waals surface area contributed by atoms with Gasteiger partial charge in [-0.25, -0.2) is 4.98 Å². The number of hydrogen-bond donors (Lipinski definition) is 1. The average Bonchev–Trinajstić information content (AvgIpc) is 2.60. The van der Waals surface area contributed by atoms with Crippen LogP contribution in [0.2, 0.25) is 0 Å². The van der Waals surface area contributed by atoms with Crippen LogP contribution < -0.4 is 5.32 Å². The van der Waals surface area contributed by atoms with Crippen molar-refractivity contribution < 1.29 is 0 Å². The van der Waals surface area contributed by atoms with Crippen molar-refractivity contribution in [1.29, 1.82) is 0 Å². The van der Waals surface area contributed by atoms with E-state index in [4.69, 9.17) is 4.98 Å². The fraction of sp³-hybridized carbons (Fsp3) is 0.357. The second-order valence-electron chi connectivity index (χ2n) is 4.44. The second kappa shape index (κ2) is 4.88. The molecule has 1 aromatic heterocycles. The highest BCUT2D eigenvalue weighted by atomic mass is 32.1. The zero-order valence-electron chi connectivity index (χ0n) is 9.78. The quantitative estimate of drug-likeness (QED) is 0.802. The Bertz CT molecular complexity index is 467. The van der Waals surface area contributed by atoms with E-state index < -0.39 is 0 Å². The maximum atomic E-state index is 4.71. The van der Waals surface area contributed by atoms with Crippen molar-refractivity contribution in [3.63, 3.8) is 0 Å². The first-order valence-electron chi connectivity index (χ1n) is 6.22. The number of fused-ring (bicyclic) bond motifs is 1. The normalized spacial score (nSPS) is 15.1. The minimum atomic E-state index is 1.04. The molecule has 0 bridgehead atoms. The molecule has 1 heterocycles. The third-order valence-electron chi connectivity index (χ3n) is 3.12. The number of thiazole rings is 1. The summed E-state index contributed by atoms with van der Waals surface area (Å²) in [7, 11) is 0. The molecule has 0 aliphatic heterocycles. The summed E-state index contributed by atoms with van der Waals surface area (Å²) in [5.74, 6) is 0. The number of aryl methyl sites for hydroxylation is 2. The van der Waals surface area contributed by atoms with Gasteiger partial charge in [-0.2, -0.15) is 0 Å². The summed E-state index contributed by atoms with van der Waals surface area (Å²) < 4.78 is 0. The van der Waals surface area contributed by atoms with Gasteiger partial charge in [0.1, 0.15) is 0 Å². The molecule has 0 saturated carbocycles. The largest absolute Gasteiger partial charge is 0.332 e. The van der Waals surface area contributed by atoms with Gasteiger partial charge in [0.15, 0.2) is 5.13 Å². The molecule has 1 aliphatic rings. The average molecular weight is 244 g/mol. The second-order valence-corrected chi connectivity index (χ2v) is 5.52. The zero-order valence-corrected chi connectivity index (χ0v) is 10.6. The van der Waals surface area contributed by atoms with E-state index in [9.17, 15) is 0 Å². The Balaban J connectivity index is 1.81. The van der Waals surface area contributed by atoms with Gasteiger partial charge >= 0.3 is 0 Å². The maximum Gasteiger partial charge on any atom is 0.187 e. The number of aromatic nitrogens is 1. The smallest absolute Gasteiger partial charge is 0.187 e. The molecule has 3 rings (SSSR count). The molecule has 1 aromatic carbocycles. The summed E-state index contributed by atoms with van der Waals surface area (Å²) in [6.45, 7) is 0. The predicted molar refractivity (Wildman–Crippen MR) is 73.1 cm³/mol. The molecule has 0 radical (unpaired) electrons. The molecule has 2 aromatic rings. The summed E-state index contributed by atoms with van der Waals surface area (Å²) in [5.41, 5.74) is 2.45. The number of benzene rings is 1. The van der Waals surface area contributed by atoms with Gasteiger partial charge in [-0.3, -0.25) is 0 Å². The van der Waals surface area contributed by atoms with Crippen LogP contribution in [0.4, 0.5) is 10.8 Å². The molecule has 3 heteroatoms. The molecule has 1 N–H and O–H groups in total. The Morgan fingerprint density at radius 2 is 1.82 bits per heavy atom. The van der Waals surface area contributed by atoms with Gasteiger partial charge in [-0.05, 0) is 37.8 Å². The number of rotatable bonds is 2. The third-order valence-corrected chi connectivity index (χ3v) is 4.19. The van der Waals surface area contributed by atoms with Gasteiger partial charge < -0.3 is 5.32 Å². The fourth-order valence-corrected chi connectivity index (χ4v) is 3.30. The molecule has 88 valence electrons. The highest BCUT2D eigenvalue weighted by Crippen LogP contribution is 2.30. The lowest BCUT2D eigenvalue weighted by Crippen LogP contribution is -1.90. The minimum Gasteiger partial charge on any atom is -0.332 e. The van der Waals surface area contributed by atoms with E-state index in [1.807, 2.05) is 29.5 Å². The van der Waals surface area contributed by atoms with Crippen LogP contribution in [0.5, 0.6) is 0 Å². The predicted octanol–water partition coefficient (Wildman–Crippen LogP) is 4.16. The number of nitrogens with one attached hydrogen (secondary N) is 1. The third kappa shape index (κ3) is 2.50. The molecule has 0 fully saturated rings. The first-order valence-corrected chi connectivity index (χ1v) is 7.04. The highest BCUT2D eigenvalue weighted by Gasteiger charge is 2.13. The number of nitrogens with zero attached hydrogens (tertiary/aromatic N) is 1. The van der Waals surface area contributed by atoms with Gasteiger partial charge in [-0.1, -0.05) is 24.6 Å². The van der Waals surface area contributed by atoms with Crippen LogP contribution in [-0.2, 0) is 12.8 Å². The molecule has 0 unspecified atom stereocenters. The molecule has 2 nitrogen and oxygen atoms in total. The lowest BCUT2D eigenvalue weighted by Gasteiger charge is -2.00. The first-order chi connectivity index (χ1) is 8.42. The molecule has 0 atom stereocenters.